The van der Waals surface area contributed by atoms with Crippen LogP contribution in [-0.2, 0) is 19.1 Å². The smallest absolute Gasteiger partial charge is 0.323 e. The van der Waals surface area contributed by atoms with Gasteiger partial charge in [0.1, 0.15) is 0 Å². The molecule has 1 saturated carbocycles. The first-order chi connectivity index (χ1) is 9.10. The molecule has 0 heterocycles. The van der Waals surface area contributed by atoms with Gasteiger partial charge in [-0.05, 0) is 37.7 Å². The third-order valence-electron chi connectivity index (χ3n) is 3.24. The summed E-state index contributed by atoms with van der Waals surface area (Å²) in [6, 6.07) is 0. The standard InChI is InChI=1S/C15H20O4/c1-4-5-10-15(13(16)18-2,14(17)19-3)11-6-7-12-8-9-12/h5-7,12H,1,8-11H2,2-3H3/b7-6+. The molecule has 0 radical (unpaired) electrons. The molecule has 0 spiro atoms. The molecule has 0 aromatic rings. The minimum absolute atomic E-state index is 0.171. The van der Waals surface area contributed by atoms with E-state index in [0.29, 0.717) is 5.92 Å². The molecular weight excluding hydrogens is 244 g/mol. The Morgan fingerprint density at radius 1 is 1.26 bits per heavy atom. The quantitative estimate of drug-likeness (QED) is 0.307. The minimum Gasteiger partial charge on any atom is -0.468 e. The number of rotatable bonds is 7. The summed E-state index contributed by atoms with van der Waals surface area (Å²) in [5, 5.41) is 0. The van der Waals surface area contributed by atoms with Gasteiger partial charge in [-0.3, -0.25) is 9.59 Å². The molecule has 0 aliphatic heterocycles. The van der Waals surface area contributed by atoms with Gasteiger partial charge in [0, 0.05) is 0 Å². The Morgan fingerprint density at radius 3 is 2.26 bits per heavy atom. The fraction of sp³-hybridized carbons (Fsp3) is 0.533. The predicted molar refractivity (Wildman–Crippen MR) is 71.3 cm³/mol. The molecule has 0 unspecified atom stereocenters. The number of esters is 2. The molecule has 0 aromatic heterocycles. The van der Waals surface area contributed by atoms with E-state index in [1.807, 2.05) is 12.2 Å². The van der Waals surface area contributed by atoms with Crippen LogP contribution in [0.1, 0.15) is 25.7 Å². The summed E-state index contributed by atoms with van der Waals surface area (Å²) >= 11 is 0. The molecule has 1 aliphatic rings. The summed E-state index contributed by atoms with van der Waals surface area (Å²) in [5.74, 6) is -0.597. The number of ether oxygens (including phenoxy) is 2. The van der Waals surface area contributed by atoms with Crippen LogP contribution in [0.25, 0.3) is 0 Å². The number of methoxy groups -OCH3 is 2. The second-order valence-electron chi connectivity index (χ2n) is 4.65. The Balaban J connectivity index is 2.96. The first-order valence-electron chi connectivity index (χ1n) is 6.28. The van der Waals surface area contributed by atoms with Crippen LogP contribution in [0.3, 0.4) is 0 Å². The van der Waals surface area contributed by atoms with E-state index in [-0.39, 0.29) is 12.8 Å². The minimum atomic E-state index is -1.33. The van der Waals surface area contributed by atoms with Crippen LogP contribution in [0.4, 0.5) is 0 Å². The maximum atomic E-state index is 12.0. The van der Waals surface area contributed by atoms with Crippen LogP contribution in [0.15, 0.2) is 30.5 Å². The summed E-state index contributed by atoms with van der Waals surface area (Å²) in [6.07, 6.45) is 8.24. The van der Waals surface area contributed by atoms with Crippen molar-refractivity contribution in [3.63, 3.8) is 0 Å². The van der Waals surface area contributed by atoms with Crippen molar-refractivity contribution >= 4 is 11.9 Å². The van der Waals surface area contributed by atoms with Crippen LogP contribution in [0, 0.1) is 11.3 Å². The van der Waals surface area contributed by atoms with E-state index in [1.54, 1.807) is 6.08 Å². The largest absolute Gasteiger partial charge is 0.468 e. The molecule has 4 heteroatoms. The van der Waals surface area contributed by atoms with Crippen LogP contribution < -0.4 is 0 Å². The highest BCUT2D eigenvalue weighted by Gasteiger charge is 2.46. The van der Waals surface area contributed by atoms with Gasteiger partial charge in [0.05, 0.1) is 14.2 Å². The fourth-order valence-electron chi connectivity index (χ4n) is 1.89. The number of carbonyl (C=O) groups is 2. The first kappa shape index (κ1) is 15.3. The highest BCUT2D eigenvalue weighted by atomic mass is 16.5. The van der Waals surface area contributed by atoms with Crippen molar-refractivity contribution < 1.29 is 19.1 Å². The molecule has 1 rings (SSSR count). The zero-order chi connectivity index (χ0) is 14.3. The molecule has 0 bridgehead atoms. The van der Waals surface area contributed by atoms with E-state index in [1.165, 1.54) is 27.1 Å². The molecular formula is C15H20O4. The molecule has 0 amide bonds. The lowest BCUT2D eigenvalue weighted by atomic mass is 9.80. The molecule has 4 nitrogen and oxygen atoms in total. The van der Waals surface area contributed by atoms with Gasteiger partial charge in [0.15, 0.2) is 5.41 Å². The highest BCUT2D eigenvalue weighted by molar-refractivity contribution is 6.00. The third kappa shape index (κ3) is 3.83. The molecule has 0 N–H and O–H groups in total. The number of hydrogen-bond acceptors (Lipinski definition) is 4. The maximum absolute atomic E-state index is 12.0. The van der Waals surface area contributed by atoms with Crippen molar-refractivity contribution in [1.29, 1.82) is 0 Å². The van der Waals surface area contributed by atoms with Crippen LogP contribution in [-0.4, -0.2) is 26.2 Å². The number of allylic oxidation sites excluding steroid dienone is 3. The van der Waals surface area contributed by atoms with E-state index in [2.05, 4.69) is 12.3 Å². The highest BCUT2D eigenvalue weighted by Crippen LogP contribution is 2.34. The van der Waals surface area contributed by atoms with E-state index < -0.39 is 17.4 Å². The lowest BCUT2D eigenvalue weighted by Gasteiger charge is -2.25. The van der Waals surface area contributed by atoms with Gasteiger partial charge in [-0.15, -0.1) is 5.73 Å². The van der Waals surface area contributed by atoms with E-state index in [9.17, 15) is 9.59 Å². The van der Waals surface area contributed by atoms with Gasteiger partial charge in [0.2, 0.25) is 0 Å². The Bertz CT molecular complexity index is 396. The summed E-state index contributed by atoms with van der Waals surface area (Å²) < 4.78 is 9.53. The van der Waals surface area contributed by atoms with Crippen LogP contribution in [0.5, 0.6) is 0 Å². The van der Waals surface area contributed by atoms with Crippen molar-refractivity contribution in [2.75, 3.05) is 14.2 Å². The normalized spacial score (nSPS) is 14.8. The topological polar surface area (TPSA) is 52.6 Å². The Kier molecular flexibility index (Phi) is 5.58. The van der Waals surface area contributed by atoms with Gasteiger partial charge >= 0.3 is 11.9 Å². The van der Waals surface area contributed by atoms with E-state index >= 15 is 0 Å². The lowest BCUT2D eigenvalue weighted by molar-refractivity contribution is -0.168. The molecule has 104 valence electrons. The summed E-state index contributed by atoms with van der Waals surface area (Å²) in [6.45, 7) is 3.45. The Labute approximate surface area is 113 Å². The van der Waals surface area contributed by atoms with Crippen molar-refractivity contribution in [2.24, 2.45) is 11.3 Å². The summed E-state index contributed by atoms with van der Waals surface area (Å²) in [5.41, 5.74) is 1.24. The van der Waals surface area contributed by atoms with Gasteiger partial charge in [-0.2, -0.15) is 0 Å². The van der Waals surface area contributed by atoms with Gasteiger partial charge in [0.25, 0.3) is 0 Å². The molecule has 1 fully saturated rings. The van der Waals surface area contributed by atoms with Gasteiger partial charge in [-0.25, -0.2) is 0 Å². The maximum Gasteiger partial charge on any atom is 0.323 e. The summed E-state index contributed by atoms with van der Waals surface area (Å²) in [7, 11) is 2.53. The SMILES string of the molecule is C=C=CCC(C/C=C/C1CC1)(C(=O)OC)C(=O)OC. The van der Waals surface area contributed by atoms with Crippen LogP contribution >= 0.6 is 0 Å². The lowest BCUT2D eigenvalue weighted by Crippen LogP contribution is -2.40. The zero-order valence-corrected chi connectivity index (χ0v) is 11.5. The van der Waals surface area contributed by atoms with Gasteiger partial charge in [-0.1, -0.05) is 18.7 Å². The molecule has 1 aliphatic carbocycles. The molecule has 19 heavy (non-hydrogen) atoms. The zero-order valence-electron chi connectivity index (χ0n) is 11.5. The van der Waals surface area contributed by atoms with Gasteiger partial charge < -0.3 is 9.47 Å². The molecule has 0 aromatic carbocycles. The number of hydrogen-bond donors (Lipinski definition) is 0. The molecule has 0 saturated heterocycles. The third-order valence-corrected chi connectivity index (χ3v) is 3.24. The summed E-state index contributed by atoms with van der Waals surface area (Å²) in [4.78, 5) is 24.0. The molecule has 0 atom stereocenters. The van der Waals surface area contributed by atoms with E-state index in [4.69, 9.17) is 9.47 Å². The average molecular weight is 264 g/mol. The van der Waals surface area contributed by atoms with Crippen molar-refractivity contribution in [1.82, 2.24) is 0 Å². The second-order valence-corrected chi connectivity index (χ2v) is 4.65. The monoisotopic (exact) mass is 264 g/mol. The average Bonchev–Trinajstić information content (AvgIpc) is 3.25. The Morgan fingerprint density at radius 2 is 1.84 bits per heavy atom. The first-order valence-corrected chi connectivity index (χ1v) is 6.28. The Hall–Kier alpha value is -1.80. The predicted octanol–water partition coefficient (Wildman–Crippen LogP) is 2.41. The number of carbonyl (C=O) groups excluding carboxylic acids is 2. The van der Waals surface area contributed by atoms with Crippen molar-refractivity contribution in [3.8, 4) is 0 Å². The fourth-order valence-corrected chi connectivity index (χ4v) is 1.89. The second kappa shape index (κ2) is 6.95. The van der Waals surface area contributed by atoms with Crippen molar-refractivity contribution in [2.45, 2.75) is 25.7 Å². The van der Waals surface area contributed by atoms with Crippen LogP contribution in [0.2, 0.25) is 0 Å². The van der Waals surface area contributed by atoms with E-state index in [0.717, 1.165) is 0 Å². The van der Waals surface area contributed by atoms with Crippen molar-refractivity contribution in [3.05, 3.63) is 30.5 Å².